The Balaban J connectivity index is 1.22. The van der Waals surface area contributed by atoms with E-state index in [9.17, 15) is 4.79 Å². The minimum absolute atomic E-state index is 0.152. The van der Waals surface area contributed by atoms with E-state index in [-0.39, 0.29) is 11.0 Å². The Hall–Kier alpha value is -4.27. The van der Waals surface area contributed by atoms with Gasteiger partial charge in [-0.15, -0.1) is 0 Å². The predicted molar refractivity (Wildman–Crippen MR) is 159 cm³/mol. The van der Waals surface area contributed by atoms with Crippen LogP contribution in [0.2, 0.25) is 0 Å². The summed E-state index contributed by atoms with van der Waals surface area (Å²) < 4.78 is 12.2. The van der Waals surface area contributed by atoms with Crippen LogP contribution in [0.15, 0.2) is 99.9 Å². The van der Waals surface area contributed by atoms with Gasteiger partial charge in [0.15, 0.2) is 10.7 Å². The Morgan fingerprint density at radius 1 is 0.921 bits per heavy atom. The summed E-state index contributed by atoms with van der Waals surface area (Å²) in [6.07, 6.45) is 0. The van der Waals surface area contributed by atoms with E-state index >= 15 is 0 Å². The molecule has 0 aliphatic rings. The summed E-state index contributed by atoms with van der Waals surface area (Å²) in [5.74, 6) is 0.592. The molecule has 0 aliphatic heterocycles. The zero-order valence-corrected chi connectivity index (χ0v) is 22.5. The van der Waals surface area contributed by atoms with Gasteiger partial charge in [-0.1, -0.05) is 54.6 Å². The Bertz CT molecular complexity index is 1880. The second kappa shape index (κ2) is 9.89. The molecule has 6 rings (SSSR count). The maximum atomic E-state index is 13.1. The molecule has 0 spiro atoms. The van der Waals surface area contributed by atoms with E-state index in [1.165, 1.54) is 7.11 Å². The van der Waals surface area contributed by atoms with Crippen LogP contribution >= 0.6 is 28.1 Å². The Morgan fingerprint density at radius 3 is 2.50 bits per heavy atom. The number of hydrogen-bond acceptors (Lipinski definition) is 5. The van der Waals surface area contributed by atoms with Crippen LogP contribution in [0.4, 0.5) is 5.69 Å². The fourth-order valence-corrected chi connectivity index (χ4v) is 5.38. The molecule has 0 bridgehead atoms. The van der Waals surface area contributed by atoms with Gasteiger partial charge in [0, 0.05) is 11.3 Å². The molecule has 1 heterocycles. The molecular weight excluding hydrogens is 562 g/mol. The first-order valence-electron chi connectivity index (χ1n) is 11.8. The average molecular weight is 582 g/mol. The molecule has 38 heavy (non-hydrogen) atoms. The molecule has 6 nitrogen and oxygen atoms in total. The fraction of sp³-hybridized carbons (Fsp3) is 0.0333. The summed E-state index contributed by atoms with van der Waals surface area (Å²) in [6, 6.07) is 29.3. The van der Waals surface area contributed by atoms with E-state index in [0.29, 0.717) is 38.5 Å². The molecule has 5 aromatic carbocycles. The third kappa shape index (κ3) is 4.49. The maximum absolute atomic E-state index is 13.1. The van der Waals surface area contributed by atoms with Gasteiger partial charge in [0.25, 0.3) is 5.91 Å². The molecular formula is C30H20BrN3O3S. The van der Waals surface area contributed by atoms with E-state index in [2.05, 4.69) is 55.8 Å². The molecule has 0 saturated carbocycles. The minimum Gasteiger partial charge on any atom is -0.495 e. The molecule has 0 radical (unpaired) electrons. The van der Waals surface area contributed by atoms with Crippen LogP contribution in [0, 0.1) is 0 Å². The first kappa shape index (κ1) is 24.1. The van der Waals surface area contributed by atoms with Crippen molar-refractivity contribution < 1.29 is 13.9 Å². The van der Waals surface area contributed by atoms with Crippen molar-refractivity contribution >= 4 is 77.5 Å². The van der Waals surface area contributed by atoms with Crippen molar-refractivity contribution in [3.63, 3.8) is 0 Å². The number of methoxy groups -OCH3 is 1. The number of amides is 1. The van der Waals surface area contributed by atoms with Gasteiger partial charge < -0.3 is 14.5 Å². The number of oxazole rings is 1. The number of nitrogens with zero attached hydrogens (tertiary/aromatic N) is 1. The normalized spacial score (nSPS) is 11.1. The van der Waals surface area contributed by atoms with Gasteiger partial charge in [-0.25, -0.2) is 4.98 Å². The lowest BCUT2D eigenvalue weighted by atomic mass is 10.1. The van der Waals surface area contributed by atoms with Crippen molar-refractivity contribution in [3.8, 4) is 17.2 Å². The second-order valence-corrected chi connectivity index (χ2v) is 9.87. The van der Waals surface area contributed by atoms with Gasteiger partial charge in [-0.05, 0) is 86.1 Å². The molecule has 0 saturated heterocycles. The van der Waals surface area contributed by atoms with Crippen LogP contribution in [-0.4, -0.2) is 23.1 Å². The number of hydrogen-bond donors (Lipinski definition) is 2. The summed E-state index contributed by atoms with van der Waals surface area (Å²) in [5.41, 5.74) is 3.27. The molecule has 1 amide bonds. The van der Waals surface area contributed by atoms with Crippen molar-refractivity contribution in [3.05, 3.63) is 101 Å². The zero-order chi connectivity index (χ0) is 26.2. The van der Waals surface area contributed by atoms with E-state index in [4.69, 9.17) is 21.4 Å². The molecule has 0 aliphatic carbocycles. The van der Waals surface area contributed by atoms with E-state index in [1.807, 2.05) is 60.7 Å². The highest BCUT2D eigenvalue weighted by Crippen LogP contribution is 2.36. The zero-order valence-electron chi connectivity index (χ0n) is 20.1. The van der Waals surface area contributed by atoms with Crippen molar-refractivity contribution in [1.82, 2.24) is 10.3 Å². The number of carbonyl (C=O) groups excluding carboxylic acids is 1. The maximum Gasteiger partial charge on any atom is 0.261 e. The standard InChI is InChI=1S/C30H20BrN3O3S/c1-36-27-23(15-19-8-4-5-9-22(19)26(27)31)28(35)34-30(38)32-21-12-13-25-24(16-21)33-29(37-25)20-11-10-17-6-2-3-7-18(17)14-20/h2-16H,1H3,(H2,32,34,35,38). The second-order valence-electron chi connectivity index (χ2n) is 8.66. The number of ether oxygens (including phenoxy) is 1. The lowest BCUT2D eigenvalue weighted by molar-refractivity contribution is 0.0975. The fourth-order valence-electron chi connectivity index (χ4n) is 4.44. The van der Waals surface area contributed by atoms with Crippen molar-refractivity contribution in [2.45, 2.75) is 0 Å². The van der Waals surface area contributed by atoms with Crippen LogP contribution in [0.1, 0.15) is 10.4 Å². The smallest absolute Gasteiger partial charge is 0.261 e. The summed E-state index contributed by atoms with van der Waals surface area (Å²) in [7, 11) is 1.53. The summed E-state index contributed by atoms with van der Waals surface area (Å²) in [5, 5.41) is 10.1. The van der Waals surface area contributed by atoms with E-state index < -0.39 is 0 Å². The van der Waals surface area contributed by atoms with Crippen LogP contribution in [0.3, 0.4) is 0 Å². The van der Waals surface area contributed by atoms with Gasteiger partial charge in [0.1, 0.15) is 11.3 Å². The quantitative estimate of drug-likeness (QED) is 0.208. The highest BCUT2D eigenvalue weighted by Gasteiger charge is 2.19. The largest absolute Gasteiger partial charge is 0.495 e. The van der Waals surface area contributed by atoms with Crippen LogP contribution in [0.25, 0.3) is 44.1 Å². The van der Waals surface area contributed by atoms with Gasteiger partial charge in [-0.3, -0.25) is 10.1 Å². The van der Waals surface area contributed by atoms with Gasteiger partial charge in [-0.2, -0.15) is 0 Å². The summed E-state index contributed by atoms with van der Waals surface area (Å²) in [6.45, 7) is 0. The number of thiocarbonyl (C=S) groups is 1. The summed E-state index contributed by atoms with van der Waals surface area (Å²) >= 11 is 9.00. The average Bonchev–Trinajstić information content (AvgIpc) is 3.36. The van der Waals surface area contributed by atoms with Gasteiger partial charge >= 0.3 is 0 Å². The number of carbonyl (C=O) groups is 1. The predicted octanol–water partition coefficient (Wildman–Crippen LogP) is 7.70. The van der Waals surface area contributed by atoms with Gasteiger partial charge in [0.2, 0.25) is 5.89 Å². The number of anilines is 1. The number of rotatable bonds is 4. The third-order valence-corrected chi connectivity index (χ3v) is 7.25. The lowest BCUT2D eigenvalue weighted by Gasteiger charge is -2.14. The molecule has 0 atom stereocenters. The molecule has 0 unspecified atom stereocenters. The molecule has 6 aromatic rings. The van der Waals surface area contributed by atoms with Crippen LogP contribution in [-0.2, 0) is 0 Å². The monoisotopic (exact) mass is 581 g/mol. The van der Waals surface area contributed by atoms with Crippen molar-refractivity contribution in [2.75, 3.05) is 12.4 Å². The summed E-state index contributed by atoms with van der Waals surface area (Å²) in [4.78, 5) is 17.8. The third-order valence-electron chi connectivity index (χ3n) is 6.26. The molecule has 2 N–H and O–H groups in total. The Morgan fingerprint density at radius 2 is 1.68 bits per heavy atom. The molecule has 1 aromatic heterocycles. The molecule has 0 fully saturated rings. The first-order chi connectivity index (χ1) is 18.5. The number of halogens is 1. The first-order valence-corrected chi connectivity index (χ1v) is 13.0. The molecule has 186 valence electrons. The highest BCUT2D eigenvalue weighted by molar-refractivity contribution is 9.10. The van der Waals surface area contributed by atoms with E-state index in [1.54, 1.807) is 6.07 Å². The topological polar surface area (TPSA) is 76.4 Å². The number of aromatic nitrogens is 1. The minimum atomic E-state index is -0.382. The van der Waals surface area contributed by atoms with E-state index in [0.717, 1.165) is 27.1 Å². The number of benzene rings is 5. The van der Waals surface area contributed by atoms with Crippen molar-refractivity contribution in [2.24, 2.45) is 0 Å². The highest BCUT2D eigenvalue weighted by atomic mass is 79.9. The van der Waals surface area contributed by atoms with Gasteiger partial charge in [0.05, 0.1) is 17.1 Å². The van der Waals surface area contributed by atoms with Crippen molar-refractivity contribution in [1.29, 1.82) is 0 Å². The Labute approximate surface area is 231 Å². The number of fused-ring (bicyclic) bond motifs is 3. The lowest BCUT2D eigenvalue weighted by Crippen LogP contribution is -2.34. The van der Waals surface area contributed by atoms with Crippen LogP contribution < -0.4 is 15.4 Å². The molecule has 8 heteroatoms. The van der Waals surface area contributed by atoms with Crippen LogP contribution in [0.5, 0.6) is 5.75 Å². The SMILES string of the molecule is COc1c(C(=O)NC(=S)Nc2ccc3oc(-c4ccc5ccccc5c4)nc3c2)cc2ccccc2c1Br. The number of nitrogens with one attached hydrogen (secondary N) is 2. The Kier molecular flexibility index (Phi) is 6.27.